The summed E-state index contributed by atoms with van der Waals surface area (Å²) in [6, 6.07) is 7.05. The Hall–Kier alpha value is -0.880. The standard InChI is InChI=1S/C7H8O4S2/c1-12(8,9)13(10,11)7-5-3-2-4-6-7/h2-6H,1H3. The first-order valence-corrected chi connectivity index (χ1v) is 7.25. The highest BCUT2D eigenvalue weighted by Gasteiger charge is 2.26. The summed E-state index contributed by atoms with van der Waals surface area (Å²) in [5, 5.41) is 0. The molecule has 0 aliphatic rings. The van der Waals surface area contributed by atoms with Crippen molar-refractivity contribution in [1.82, 2.24) is 0 Å². The van der Waals surface area contributed by atoms with E-state index >= 15 is 0 Å². The Labute approximate surface area is 76.4 Å². The largest absolute Gasteiger partial charge is 0.281 e. The van der Waals surface area contributed by atoms with Crippen LogP contribution in [0.4, 0.5) is 0 Å². The molecule has 0 N–H and O–H groups in total. The smallest absolute Gasteiger partial charge is 0.213 e. The van der Waals surface area contributed by atoms with Crippen LogP contribution in [0.15, 0.2) is 35.2 Å². The Morgan fingerprint density at radius 3 is 1.77 bits per heavy atom. The van der Waals surface area contributed by atoms with E-state index in [1.807, 2.05) is 0 Å². The molecule has 6 heteroatoms. The molecule has 0 spiro atoms. The highest BCUT2D eigenvalue weighted by molar-refractivity contribution is 8.66. The zero-order chi connectivity index (χ0) is 10.1. The normalized spacial score (nSPS) is 12.7. The van der Waals surface area contributed by atoms with Crippen LogP contribution in [-0.4, -0.2) is 23.1 Å². The maximum Gasteiger partial charge on any atom is 0.281 e. The van der Waals surface area contributed by atoms with E-state index in [1.54, 1.807) is 6.07 Å². The van der Waals surface area contributed by atoms with Gasteiger partial charge in [0.25, 0.3) is 17.7 Å². The van der Waals surface area contributed by atoms with Crippen LogP contribution in [0, 0.1) is 0 Å². The van der Waals surface area contributed by atoms with Gasteiger partial charge in [-0.3, -0.25) is 0 Å². The second-order valence-corrected chi connectivity index (χ2v) is 8.39. The molecule has 72 valence electrons. The average molecular weight is 220 g/mol. The zero-order valence-corrected chi connectivity index (χ0v) is 8.47. The second kappa shape index (κ2) is 3.12. The lowest BCUT2D eigenvalue weighted by molar-refractivity contribution is 0.585. The summed E-state index contributed by atoms with van der Waals surface area (Å²) in [7, 11) is -8.29. The molecule has 1 aromatic carbocycles. The van der Waals surface area contributed by atoms with Crippen molar-refractivity contribution in [3.8, 4) is 0 Å². The van der Waals surface area contributed by atoms with Crippen molar-refractivity contribution in [2.24, 2.45) is 0 Å². The van der Waals surface area contributed by atoms with Crippen LogP contribution in [0.2, 0.25) is 0 Å². The molecule has 0 aromatic heterocycles. The van der Waals surface area contributed by atoms with Crippen LogP contribution in [-0.2, 0) is 17.7 Å². The molecule has 1 aromatic rings. The van der Waals surface area contributed by atoms with Gasteiger partial charge in [-0.2, -0.15) is 0 Å². The third kappa shape index (κ3) is 1.89. The number of hydrogen-bond acceptors (Lipinski definition) is 4. The van der Waals surface area contributed by atoms with Crippen LogP contribution < -0.4 is 0 Å². The Kier molecular flexibility index (Phi) is 2.44. The summed E-state index contributed by atoms with van der Waals surface area (Å²) in [5.41, 5.74) is 0. The lowest BCUT2D eigenvalue weighted by Crippen LogP contribution is -2.13. The summed E-state index contributed by atoms with van der Waals surface area (Å²) in [6.07, 6.45) is 0.676. The van der Waals surface area contributed by atoms with Gasteiger partial charge in [0.05, 0.1) is 11.2 Å². The van der Waals surface area contributed by atoms with Gasteiger partial charge >= 0.3 is 0 Å². The minimum absolute atomic E-state index is 0.197. The predicted molar refractivity (Wildman–Crippen MR) is 48.5 cm³/mol. The summed E-state index contributed by atoms with van der Waals surface area (Å²) in [4.78, 5) is -0.197. The fraction of sp³-hybridized carbons (Fsp3) is 0.143. The van der Waals surface area contributed by atoms with Gasteiger partial charge in [-0.15, -0.1) is 0 Å². The van der Waals surface area contributed by atoms with Crippen molar-refractivity contribution >= 4 is 17.7 Å². The quantitative estimate of drug-likeness (QED) is 0.677. The van der Waals surface area contributed by atoms with Crippen LogP contribution in [0.1, 0.15) is 0 Å². The molecule has 0 unspecified atom stereocenters. The molecule has 1 rings (SSSR count). The number of hydrogen-bond donors (Lipinski definition) is 0. The fourth-order valence-electron chi connectivity index (χ4n) is 0.762. The molecule has 0 saturated heterocycles. The SMILES string of the molecule is CS(=O)(=O)S(=O)(=O)c1ccccc1. The fourth-order valence-corrected chi connectivity index (χ4v) is 2.98. The lowest BCUT2D eigenvalue weighted by atomic mass is 10.4. The molecule has 0 saturated carbocycles. The van der Waals surface area contributed by atoms with E-state index in [9.17, 15) is 16.8 Å². The molecule has 0 radical (unpaired) electrons. The highest BCUT2D eigenvalue weighted by Crippen LogP contribution is 2.14. The van der Waals surface area contributed by atoms with E-state index in [1.165, 1.54) is 24.3 Å². The molecule has 13 heavy (non-hydrogen) atoms. The first kappa shape index (κ1) is 10.2. The van der Waals surface area contributed by atoms with Crippen molar-refractivity contribution < 1.29 is 16.8 Å². The summed E-state index contributed by atoms with van der Waals surface area (Å²) in [6.45, 7) is 0. The maximum atomic E-state index is 11.3. The molecule has 0 bridgehead atoms. The predicted octanol–water partition coefficient (Wildman–Crippen LogP) is 0.420. The molecule has 0 aliphatic carbocycles. The molecule has 4 nitrogen and oxygen atoms in total. The highest BCUT2D eigenvalue weighted by atomic mass is 33.2. The van der Waals surface area contributed by atoms with Crippen molar-refractivity contribution in [2.75, 3.05) is 6.26 Å². The van der Waals surface area contributed by atoms with Crippen LogP contribution in [0.25, 0.3) is 0 Å². The summed E-state index contributed by atoms with van der Waals surface area (Å²) < 4.78 is 44.3. The van der Waals surface area contributed by atoms with Crippen molar-refractivity contribution in [2.45, 2.75) is 4.90 Å². The Morgan fingerprint density at radius 1 is 0.923 bits per heavy atom. The Morgan fingerprint density at radius 2 is 1.38 bits per heavy atom. The van der Waals surface area contributed by atoms with E-state index in [0.717, 1.165) is 0 Å². The molecular formula is C7H8O4S2. The third-order valence-corrected chi connectivity index (χ3v) is 6.05. The van der Waals surface area contributed by atoms with Gasteiger partial charge in [0.1, 0.15) is 0 Å². The third-order valence-electron chi connectivity index (χ3n) is 1.43. The van der Waals surface area contributed by atoms with Gasteiger partial charge in [0.2, 0.25) is 0 Å². The van der Waals surface area contributed by atoms with Gasteiger partial charge < -0.3 is 0 Å². The number of rotatable bonds is 2. The maximum absolute atomic E-state index is 11.3. The van der Waals surface area contributed by atoms with Gasteiger partial charge in [-0.25, -0.2) is 16.8 Å². The van der Waals surface area contributed by atoms with Gasteiger partial charge in [-0.05, 0) is 12.1 Å². The van der Waals surface area contributed by atoms with Gasteiger partial charge in [0, 0.05) is 0 Å². The molecule has 0 atom stereocenters. The van der Waals surface area contributed by atoms with Crippen molar-refractivity contribution in [3.05, 3.63) is 30.3 Å². The van der Waals surface area contributed by atoms with Crippen molar-refractivity contribution in [3.63, 3.8) is 0 Å². The molecular weight excluding hydrogens is 212 g/mol. The zero-order valence-electron chi connectivity index (χ0n) is 6.84. The van der Waals surface area contributed by atoms with Gasteiger partial charge in [0.15, 0.2) is 0 Å². The topological polar surface area (TPSA) is 68.3 Å². The van der Waals surface area contributed by atoms with E-state index in [4.69, 9.17) is 0 Å². The van der Waals surface area contributed by atoms with Crippen LogP contribution in [0.3, 0.4) is 0 Å². The van der Waals surface area contributed by atoms with Crippen molar-refractivity contribution in [1.29, 1.82) is 0 Å². The first-order valence-electron chi connectivity index (χ1n) is 3.36. The van der Waals surface area contributed by atoms with Crippen LogP contribution >= 0.6 is 0 Å². The van der Waals surface area contributed by atoms with E-state index < -0.39 is 17.7 Å². The molecule has 0 heterocycles. The van der Waals surface area contributed by atoms with E-state index in [-0.39, 0.29) is 4.90 Å². The van der Waals surface area contributed by atoms with Gasteiger partial charge in [-0.1, -0.05) is 18.2 Å². The molecule has 0 aliphatic heterocycles. The first-order chi connectivity index (χ1) is 5.86. The summed E-state index contributed by atoms with van der Waals surface area (Å²) >= 11 is 0. The summed E-state index contributed by atoms with van der Waals surface area (Å²) in [5.74, 6) is 0. The Bertz CT molecular complexity index is 485. The molecule has 0 amide bonds. The second-order valence-electron chi connectivity index (χ2n) is 2.47. The minimum Gasteiger partial charge on any atom is -0.213 e. The Balaban J connectivity index is 3.43. The monoisotopic (exact) mass is 220 g/mol. The van der Waals surface area contributed by atoms with E-state index in [0.29, 0.717) is 6.26 Å². The number of benzene rings is 1. The lowest BCUT2D eigenvalue weighted by Gasteiger charge is -1.99. The van der Waals surface area contributed by atoms with Crippen LogP contribution in [0.5, 0.6) is 0 Å². The average Bonchev–Trinajstić information content (AvgIpc) is 2.04. The van der Waals surface area contributed by atoms with E-state index in [2.05, 4.69) is 0 Å². The molecule has 0 fully saturated rings. The minimum atomic E-state index is -4.20.